The van der Waals surface area contributed by atoms with Crippen LogP contribution < -0.4 is 0 Å². The lowest BCUT2D eigenvalue weighted by Crippen LogP contribution is -2.26. The molecule has 0 spiro atoms. The minimum absolute atomic E-state index is 0.696. The van der Waals surface area contributed by atoms with Crippen molar-refractivity contribution in [2.45, 2.75) is 72.6 Å². The molecule has 1 fully saturated rings. The van der Waals surface area contributed by atoms with Crippen LogP contribution >= 0.6 is 0 Å². The van der Waals surface area contributed by atoms with Crippen LogP contribution in [0, 0.1) is 17.3 Å². The standard InChI is InChI=1S/C14H28/c1-5-6-9-14(4)10-7-13(8-11-14)12(2)3/h12-13H,5-11H2,1-4H3. The summed E-state index contributed by atoms with van der Waals surface area (Å²) in [6, 6.07) is 0. The van der Waals surface area contributed by atoms with Gasteiger partial charge in [-0.2, -0.15) is 0 Å². The van der Waals surface area contributed by atoms with Crippen LogP contribution in [0.5, 0.6) is 0 Å². The van der Waals surface area contributed by atoms with Gasteiger partial charge in [-0.3, -0.25) is 0 Å². The molecule has 0 bridgehead atoms. The molecule has 1 aliphatic carbocycles. The molecule has 0 heteroatoms. The number of hydrogen-bond acceptors (Lipinski definition) is 0. The second kappa shape index (κ2) is 5.19. The van der Waals surface area contributed by atoms with Crippen molar-refractivity contribution in [1.82, 2.24) is 0 Å². The summed E-state index contributed by atoms with van der Waals surface area (Å²) in [5.74, 6) is 1.93. The van der Waals surface area contributed by atoms with Gasteiger partial charge < -0.3 is 0 Å². The molecule has 1 aliphatic rings. The molecule has 0 radical (unpaired) electrons. The van der Waals surface area contributed by atoms with E-state index < -0.39 is 0 Å². The molecule has 0 saturated heterocycles. The molecule has 0 unspecified atom stereocenters. The zero-order chi connectivity index (χ0) is 10.6. The van der Waals surface area contributed by atoms with Crippen LogP contribution in [-0.4, -0.2) is 0 Å². The van der Waals surface area contributed by atoms with E-state index in [2.05, 4.69) is 27.7 Å². The van der Waals surface area contributed by atoms with Gasteiger partial charge in [0.1, 0.15) is 0 Å². The molecule has 0 nitrogen and oxygen atoms in total. The monoisotopic (exact) mass is 196 g/mol. The lowest BCUT2D eigenvalue weighted by molar-refractivity contribution is 0.131. The van der Waals surface area contributed by atoms with Crippen molar-refractivity contribution in [3.05, 3.63) is 0 Å². The summed E-state index contributed by atoms with van der Waals surface area (Å²) < 4.78 is 0. The molecule has 1 rings (SSSR count). The average Bonchev–Trinajstić information content (AvgIpc) is 2.16. The van der Waals surface area contributed by atoms with E-state index in [9.17, 15) is 0 Å². The first-order valence-corrected chi connectivity index (χ1v) is 6.57. The summed E-state index contributed by atoms with van der Waals surface area (Å²) in [6.45, 7) is 9.60. The van der Waals surface area contributed by atoms with Gasteiger partial charge in [0.25, 0.3) is 0 Å². The zero-order valence-corrected chi connectivity index (χ0v) is 10.6. The number of rotatable bonds is 4. The maximum absolute atomic E-state index is 2.51. The Bertz CT molecular complexity index is 149. The van der Waals surface area contributed by atoms with Gasteiger partial charge >= 0.3 is 0 Å². The van der Waals surface area contributed by atoms with Gasteiger partial charge in [-0.05, 0) is 49.4 Å². The van der Waals surface area contributed by atoms with Crippen molar-refractivity contribution >= 4 is 0 Å². The SMILES string of the molecule is CCCCC1(C)CCC(C(C)C)CC1. The summed E-state index contributed by atoms with van der Waals surface area (Å²) >= 11 is 0. The Labute approximate surface area is 90.5 Å². The van der Waals surface area contributed by atoms with Crippen LogP contribution in [0.15, 0.2) is 0 Å². The molecule has 0 amide bonds. The maximum atomic E-state index is 2.51. The minimum Gasteiger partial charge on any atom is -0.0654 e. The van der Waals surface area contributed by atoms with E-state index in [1.54, 1.807) is 0 Å². The van der Waals surface area contributed by atoms with Crippen LogP contribution in [0.4, 0.5) is 0 Å². The van der Waals surface area contributed by atoms with Crippen molar-refractivity contribution in [1.29, 1.82) is 0 Å². The van der Waals surface area contributed by atoms with E-state index in [0.717, 1.165) is 11.8 Å². The maximum Gasteiger partial charge on any atom is -0.0326 e. The van der Waals surface area contributed by atoms with Gasteiger partial charge in [-0.25, -0.2) is 0 Å². The largest absolute Gasteiger partial charge is 0.0654 e. The highest BCUT2D eigenvalue weighted by atomic mass is 14.4. The molecule has 0 aliphatic heterocycles. The Morgan fingerprint density at radius 3 is 2.21 bits per heavy atom. The van der Waals surface area contributed by atoms with Crippen LogP contribution in [0.2, 0.25) is 0 Å². The molecule has 84 valence electrons. The predicted molar refractivity (Wildman–Crippen MR) is 64.4 cm³/mol. The first-order valence-electron chi connectivity index (χ1n) is 6.57. The molecule has 0 heterocycles. The van der Waals surface area contributed by atoms with E-state index in [4.69, 9.17) is 0 Å². The van der Waals surface area contributed by atoms with Gasteiger partial charge in [0.15, 0.2) is 0 Å². The number of hydrogen-bond donors (Lipinski definition) is 0. The van der Waals surface area contributed by atoms with E-state index >= 15 is 0 Å². The number of unbranched alkanes of at least 4 members (excludes halogenated alkanes) is 1. The molecular formula is C14H28. The highest BCUT2D eigenvalue weighted by Crippen LogP contribution is 2.44. The fourth-order valence-electron chi connectivity index (χ4n) is 2.86. The molecule has 1 saturated carbocycles. The fraction of sp³-hybridized carbons (Fsp3) is 1.00. The van der Waals surface area contributed by atoms with Gasteiger partial charge in [0.05, 0.1) is 0 Å². The third kappa shape index (κ3) is 3.29. The lowest BCUT2D eigenvalue weighted by Gasteiger charge is -2.39. The van der Waals surface area contributed by atoms with E-state index in [0.29, 0.717) is 5.41 Å². The van der Waals surface area contributed by atoms with E-state index in [1.165, 1.54) is 44.9 Å². The average molecular weight is 196 g/mol. The van der Waals surface area contributed by atoms with Crippen molar-refractivity contribution in [2.24, 2.45) is 17.3 Å². The Morgan fingerprint density at radius 2 is 1.79 bits per heavy atom. The van der Waals surface area contributed by atoms with Crippen LogP contribution in [0.3, 0.4) is 0 Å². The molecule has 0 aromatic carbocycles. The van der Waals surface area contributed by atoms with Crippen molar-refractivity contribution < 1.29 is 0 Å². The summed E-state index contributed by atoms with van der Waals surface area (Å²) in [5, 5.41) is 0. The predicted octanol–water partition coefficient (Wildman–Crippen LogP) is 5.03. The first kappa shape index (κ1) is 12.1. The summed E-state index contributed by atoms with van der Waals surface area (Å²) in [4.78, 5) is 0. The Hall–Kier alpha value is 0. The van der Waals surface area contributed by atoms with Crippen LogP contribution in [0.1, 0.15) is 72.6 Å². The van der Waals surface area contributed by atoms with Crippen LogP contribution in [0.25, 0.3) is 0 Å². The zero-order valence-electron chi connectivity index (χ0n) is 10.6. The highest BCUT2D eigenvalue weighted by Gasteiger charge is 2.31. The Kier molecular flexibility index (Phi) is 4.47. The van der Waals surface area contributed by atoms with Crippen molar-refractivity contribution in [3.8, 4) is 0 Å². The van der Waals surface area contributed by atoms with Gasteiger partial charge in [0.2, 0.25) is 0 Å². The molecule has 14 heavy (non-hydrogen) atoms. The Morgan fingerprint density at radius 1 is 1.21 bits per heavy atom. The summed E-state index contributed by atoms with van der Waals surface area (Å²) in [5.41, 5.74) is 0.696. The molecule has 0 aromatic heterocycles. The quantitative estimate of drug-likeness (QED) is 0.591. The first-order chi connectivity index (χ1) is 6.57. The Balaban J connectivity index is 2.33. The third-order valence-corrected chi connectivity index (χ3v) is 4.31. The smallest absolute Gasteiger partial charge is 0.0326 e. The fourth-order valence-corrected chi connectivity index (χ4v) is 2.86. The molecule has 0 aromatic rings. The minimum atomic E-state index is 0.696. The normalized spacial score (nSPS) is 33.6. The van der Waals surface area contributed by atoms with E-state index in [-0.39, 0.29) is 0 Å². The van der Waals surface area contributed by atoms with Crippen molar-refractivity contribution in [3.63, 3.8) is 0 Å². The molecule has 0 N–H and O–H groups in total. The van der Waals surface area contributed by atoms with Crippen LogP contribution in [-0.2, 0) is 0 Å². The third-order valence-electron chi connectivity index (χ3n) is 4.31. The van der Waals surface area contributed by atoms with E-state index in [1.807, 2.05) is 0 Å². The van der Waals surface area contributed by atoms with Gasteiger partial charge in [0, 0.05) is 0 Å². The lowest BCUT2D eigenvalue weighted by atomic mass is 9.67. The summed E-state index contributed by atoms with van der Waals surface area (Å²) in [6.07, 6.45) is 10.2. The van der Waals surface area contributed by atoms with Crippen molar-refractivity contribution in [2.75, 3.05) is 0 Å². The molecule has 0 atom stereocenters. The van der Waals surface area contributed by atoms with Gasteiger partial charge in [-0.1, -0.05) is 40.5 Å². The molecular weight excluding hydrogens is 168 g/mol. The van der Waals surface area contributed by atoms with Gasteiger partial charge in [-0.15, -0.1) is 0 Å². The highest BCUT2D eigenvalue weighted by molar-refractivity contribution is 4.82. The second-order valence-corrected chi connectivity index (χ2v) is 6.00. The summed E-state index contributed by atoms with van der Waals surface area (Å²) in [7, 11) is 0. The second-order valence-electron chi connectivity index (χ2n) is 6.00. The topological polar surface area (TPSA) is 0 Å².